The Bertz CT molecular complexity index is 557. The Morgan fingerprint density at radius 2 is 1.94 bits per heavy atom. The van der Waals surface area contributed by atoms with E-state index in [2.05, 4.69) is 4.98 Å². The van der Waals surface area contributed by atoms with Gasteiger partial charge in [0.05, 0.1) is 16.6 Å². The molecule has 0 bridgehead atoms. The van der Waals surface area contributed by atoms with Crippen molar-refractivity contribution in [3.05, 3.63) is 35.5 Å². The SMILES string of the molecule is O=C(O)c1ccc(C(F)(F)F)c2cc[nH]c12. The van der Waals surface area contributed by atoms with Gasteiger partial charge in [-0.25, -0.2) is 4.79 Å². The van der Waals surface area contributed by atoms with Crippen LogP contribution in [0.25, 0.3) is 10.9 Å². The quantitative estimate of drug-likeness (QED) is 0.789. The summed E-state index contributed by atoms with van der Waals surface area (Å²) < 4.78 is 37.7. The van der Waals surface area contributed by atoms with E-state index in [4.69, 9.17) is 5.11 Å². The van der Waals surface area contributed by atoms with Crippen LogP contribution in [0.5, 0.6) is 0 Å². The Morgan fingerprint density at radius 3 is 2.50 bits per heavy atom. The Balaban J connectivity index is 2.79. The van der Waals surface area contributed by atoms with Crippen LogP contribution >= 0.6 is 0 Å². The monoisotopic (exact) mass is 229 g/mol. The van der Waals surface area contributed by atoms with E-state index >= 15 is 0 Å². The maximum absolute atomic E-state index is 12.6. The first kappa shape index (κ1) is 10.5. The molecule has 0 amide bonds. The molecule has 0 saturated heterocycles. The molecule has 0 aliphatic rings. The van der Waals surface area contributed by atoms with Gasteiger partial charge >= 0.3 is 12.1 Å². The highest BCUT2D eigenvalue weighted by molar-refractivity contribution is 6.03. The number of H-pyrrole nitrogens is 1. The second kappa shape index (κ2) is 3.26. The molecular weight excluding hydrogens is 223 g/mol. The third kappa shape index (κ3) is 1.52. The predicted octanol–water partition coefficient (Wildman–Crippen LogP) is 2.88. The summed E-state index contributed by atoms with van der Waals surface area (Å²) in [6.07, 6.45) is -3.20. The standard InChI is InChI=1S/C10H6F3NO2/c11-10(12,13)7-2-1-6(9(15)16)8-5(7)3-4-14-8/h1-4,14H,(H,15,16). The molecule has 6 heteroatoms. The van der Waals surface area contributed by atoms with E-state index in [1.807, 2.05) is 0 Å². The van der Waals surface area contributed by atoms with Crippen LogP contribution in [0.1, 0.15) is 15.9 Å². The molecule has 1 aromatic carbocycles. The van der Waals surface area contributed by atoms with Crippen LogP contribution in [-0.4, -0.2) is 16.1 Å². The van der Waals surface area contributed by atoms with E-state index in [0.29, 0.717) is 0 Å². The maximum Gasteiger partial charge on any atom is 0.417 e. The number of nitrogens with one attached hydrogen (secondary N) is 1. The van der Waals surface area contributed by atoms with E-state index in [-0.39, 0.29) is 16.5 Å². The van der Waals surface area contributed by atoms with Gasteiger partial charge in [0.25, 0.3) is 0 Å². The van der Waals surface area contributed by atoms with Crippen LogP contribution in [0.2, 0.25) is 0 Å². The van der Waals surface area contributed by atoms with E-state index in [1.54, 1.807) is 0 Å². The number of fused-ring (bicyclic) bond motifs is 1. The van der Waals surface area contributed by atoms with E-state index in [9.17, 15) is 18.0 Å². The number of aromatic nitrogens is 1. The Morgan fingerprint density at radius 1 is 1.25 bits per heavy atom. The lowest BCUT2D eigenvalue weighted by Crippen LogP contribution is -2.07. The van der Waals surface area contributed by atoms with Gasteiger partial charge in [0.2, 0.25) is 0 Å². The number of alkyl halides is 3. The number of halogens is 3. The first-order valence-corrected chi connectivity index (χ1v) is 4.32. The molecule has 0 spiro atoms. The number of rotatable bonds is 1. The fourth-order valence-electron chi connectivity index (χ4n) is 1.58. The Hall–Kier alpha value is -1.98. The van der Waals surface area contributed by atoms with Gasteiger partial charge < -0.3 is 10.1 Å². The number of benzene rings is 1. The summed E-state index contributed by atoms with van der Waals surface area (Å²) in [5.74, 6) is -1.26. The molecule has 0 aliphatic carbocycles. The number of carbonyl (C=O) groups is 1. The maximum atomic E-state index is 12.6. The lowest BCUT2D eigenvalue weighted by Gasteiger charge is -2.08. The molecule has 0 unspecified atom stereocenters. The van der Waals surface area contributed by atoms with Crippen molar-refractivity contribution in [2.45, 2.75) is 6.18 Å². The summed E-state index contributed by atoms with van der Waals surface area (Å²) >= 11 is 0. The molecule has 1 aromatic heterocycles. The van der Waals surface area contributed by atoms with Crippen molar-refractivity contribution in [2.75, 3.05) is 0 Å². The van der Waals surface area contributed by atoms with E-state index in [1.165, 1.54) is 12.3 Å². The zero-order valence-corrected chi connectivity index (χ0v) is 7.80. The molecule has 0 radical (unpaired) electrons. The van der Waals surface area contributed by atoms with Crippen molar-refractivity contribution in [2.24, 2.45) is 0 Å². The van der Waals surface area contributed by atoms with Gasteiger partial charge in [-0.15, -0.1) is 0 Å². The molecule has 0 aliphatic heterocycles. The molecule has 1 heterocycles. The molecule has 0 fully saturated rings. The molecule has 84 valence electrons. The second-order valence-electron chi connectivity index (χ2n) is 3.23. The topological polar surface area (TPSA) is 53.1 Å². The van der Waals surface area contributed by atoms with Gasteiger partial charge in [0.15, 0.2) is 0 Å². The van der Waals surface area contributed by atoms with Crippen LogP contribution in [0.15, 0.2) is 24.4 Å². The highest BCUT2D eigenvalue weighted by atomic mass is 19.4. The first-order chi connectivity index (χ1) is 7.41. The number of carboxylic acids is 1. The normalized spacial score (nSPS) is 11.9. The predicted molar refractivity (Wildman–Crippen MR) is 50.3 cm³/mol. The number of hydrogen-bond donors (Lipinski definition) is 2. The number of aromatic carboxylic acids is 1. The molecule has 3 nitrogen and oxygen atoms in total. The van der Waals surface area contributed by atoms with Gasteiger partial charge in [-0.05, 0) is 18.2 Å². The summed E-state index contributed by atoms with van der Waals surface area (Å²) in [6, 6.07) is 2.94. The van der Waals surface area contributed by atoms with Gasteiger partial charge in [-0.3, -0.25) is 0 Å². The van der Waals surface area contributed by atoms with Crippen LogP contribution in [0.4, 0.5) is 13.2 Å². The van der Waals surface area contributed by atoms with Crippen LogP contribution in [0, 0.1) is 0 Å². The van der Waals surface area contributed by atoms with Crippen molar-refractivity contribution in [1.29, 1.82) is 0 Å². The first-order valence-electron chi connectivity index (χ1n) is 4.32. The largest absolute Gasteiger partial charge is 0.478 e. The lowest BCUT2D eigenvalue weighted by molar-refractivity contribution is -0.136. The number of carboxylic acid groups (broad SMARTS) is 1. The van der Waals surface area contributed by atoms with Crippen molar-refractivity contribution in [3.8, 4) is 0 Å². The molecule has 0 atom stereocenters. The number of aromatic amines is 1. The molecular formula is C10H6F3NO2. The number of hydrogen-bond acceptors (Lipinski definition) is 1. The minimum Gasteiger partial charge on any atom is -0.478 e. The summed E-state index contributed by atoms with van der Waals surface area (Å²) in [5, 5.41) is 8.66. The highest BCUT2D eigenvalue weighted by Crippen LogP contribution is 2.35. The van der Waals surface area contributed by atoms with E-state index in [0.717, 1.165) is 12.1 Å². The third-order valence-corrected chi connectivity index (χ3v) is 2.26. The summed E-state index contributed by atoms with van der Waals surface area (Å²) in [5.41, 5.74) is -1.02. The summed E-state index contributed by atoms with van der Waals surface area (Å²) in [7, 11) is 0. The zero-order chi connectivity index (χ0) is 11.9. The molecule has 2 rings (SSSR count). The minimum absolute atomic E-state index is 0.0117. The fourth-order valence-corrected chi connectivity index (χ4v) is 1.58. The Kier molecular flexibility index (Phi) is 2.15. The van der Waals surface area contributed by atoms with E-state index < -0.39 is 17.7 Å². The van der Waals surface area contributed by atoms with Crippen LogP contribution < -0.4 is 0 Å². The molecule has 2 N–H and O–H groups in total. The summed E-state index contributed by atoms with van der Waals surface area (Å²) in [4.78, 5) is 13.3. The molecule has 16 heavy (non-hydrogen) atoms. The average molecular weight is 229 g/mol. The smallest absolute Gasteiger partial charge is 0.417 e. The third-order valence-electron chi connectivity index (χ3n) is 2.26. The zero-order valence-electron chi connectivity index (χ0n) is 7.80. The van der Waals surface area contributed by atoms with Crippen molar-refractivity contribution in [3.63, 3.8) is 0 Å². The average Bonchev–Trinajstić information content (AvgIpc) is 2.61. The van der Waals surface area contributed by atoms with Crippen molar-refractivity contribution >= 4 is 16.9 Å². The minimum atomic E-state index is -4.49. The van der Waals surface area contributed by atoms with Crippen LogP contribution in [0.3, 0.4) is 0 Å². The lowest BCUT2D eigenvalue weighted by atomic mass is 10.1. The Labute approximate surface area is 87.5 Å². The highest BCUT2D eigenvalue weighted by Gasteiger charge is 2.33. The van der Waals surface area contributed by atoms with Crippen molar-refractivity contribution in [1.82, 2.24) is 4.98 Å². The molecule has 0 saturated carbocycles. The van der Waals surface area contributed by atoms with Crippen LogP contribution in [-0.2, 0) is 6.18 Å². The van der Waals surface area contributed by atoms with Gasteiger partial charge in [0.1, 0.15) is 0 Å². The second-order valence-corrected chi connectivity index (χ2v) is 3.23. The fraction of sp³-hybridized carbons (Fsp3) is 0.100. The van der Waals surface area contributed by atoms with Gasteiger partial charge in [0, 0.05) is 11.6 Å². The van der Waals surface area contributed by atoms with Gasteiger partial charge in [-0.1, -0.05) is 0 Å². The summed E-state index contributed by atoms with van der Waals surface area (Å²) in [6.45, 7) is 0. The van der Waals surface area contributed by atoms with Gasteiger partial charge in [-0.2, -0.15) is 13.2 Å². The van der Waals surface area contributed by atoms with Crippen molar-refractivity contribution < 1.29 is 23.1 Å². The molecule has 2 aromatic rings.